The number of carbonyl (C=O) groups is 3. The number of nitrogens with one attached hydrogen (secondary N) is 3. The van der Waals surface area contributed by atoms with Gasteiger partial charge in [-0.3, -0.25) is 14.4 Å². The summed E-state index contributed by atoms with van der Waals surface area (Å²) in [5.41, 5.74) is 4.09. The number of nitrogens with zero attached hydrogens (tertiary/aromatic N) is 2. The van der Waals surface area contributed by atoms with Crippen molar-refractivity contribution in [2.75, 3.05) is 25.5 Å². The van der Waals surface area contributed by atoms with Crippen molar-refractivity contribution in [2.45, 2.75) is 31.3 Å². The number of piperidine rings is 1. The zero-order valence-electron chi connectivity index (χ0n) is 26.1. The fourth-order valence-electron chi connectivity index (χ4n) is 6.02. The van der Waals surface area contributed by atoms with Gasteiger partial charge in [-0.25, -0.2) is 9.37 Å². The lowest BCUT2D eigenvalue weighted by Gasteiger charge is -2.25. The Hall–Kier alpha value is -5.41. The van der Waals surface area contributed by atoms with Gasteiger partial charge in [0.1, 0.15) is 17.7 Å². The van der Waals surface area contributed by atoms with E-state index in [1.165, 1.54) is 17.0 Å². The van der Waals surface area contributed by atoms with Gasteiger partial charge in [0, 0.05) is 30.1 Å². The van der Waals surface area contributed by atoms with E-state index in [-0.39, 0.29) is 24.2 Å². The molecule has 1 atom stereocenters. The quantitative estimate of drug-likeness (QED) is 0.180. The Morgan fingerprint density at radius 2 is 1.60 bits per heavy atom. The van der Waals surface area contributed by atoms with Crippen molar-refractivity contribution in [1.82, 2.24) is 20.5 Å². The van der Waals surface area contributed by atoms with Crippen LogP contribution in [-0.2, 0) is 11.3 Å². The molecule has 3 N–H and O–H groups in total. The molecule has 0 aliphatic carbocycles. The summed E-state index contributed by atoms with van der Waals surface area (Å²) in [6.07, 6.45) is 1.97. The number of hydrogen-bond donors (Lipinski definition) is 3. The summed E-state index contributed by atoms with van der Waals surface area (Å²) in [5.74, 6) is -0.534. The van der Waals surface area contributed by atoms with Crippen LogP contribution >= 0.6 is 0 Å². The lowest BCUT2D eigenvalue weighted by atomic mass is 9.87. The number of fused-ring (bicyclic) bond motifs is 1. The third-order valence-electron chi connectivity index (χ3n) is 8.54. The van der Waals surface area contributed by atoms with Gasteiger partial charge in [-0.1, -0.05) is 60.7 Å². The standard InChI is InChI=1S/C38H36FN5O3/c1-44(24-25-11-15-30(39)16-12-25)38(47)35(27-7-3-2-4-8-27)43-36(45)29-13-17-33-28(23-29)14-18-34(41-33)42-37(46)32-10-6-5-9-31(32)26-19-21-40-22-20-26/h2-18,23,26,35,40H,19-22,24H2,1H3,(H,43,45)(H,41,42,46)/t35-/m0/s1. The SMILES string of the molecule is CN(Cc1ccc(F)cc1)C(=O)[C@@H](NC(=O)c1ccc2nc(NC(=O)c3ccccc3C3CCNCC3)ccc2c1)c1ccccc1. The first kappa shape index (κ1) is 31.6. The molecule has 2 heterocycles. The van der Waals surface area contributed by atoms with Gasteiger partial charge in [-0.2, -0.15) is 0 Å². The Morgan fingerprint density at radius 3 is 2.36 bits per heavy atom. The molecule has 1 fully saturated rings. The van der Waals surface area contributed by atoms with Gasteiger partial charge in [-0.05, 0) is 97.1 Å². The third-order valence-corrected chi connectivity index (χ3v) is 8.54. The highest BCUT2D eigenvalue weighted by atomic mass is 19.1. The predicted molar refractivity (Wildman–Crippen MR) is 181 cm³/mol. The lowest BCUT2D eigenvalue weighted by molar-refractivity contribution is -0.132. The molecule has 0 radical (unpaired) electrons. The molecule has 5 aromatic rings. The first-order valence-electron chi connectivity index (χ1n) is 15.7. The van der Waals surface area contributed by atoms with Crippen molar-refractivity contribution in [3.63, 3.8) is 0 Å². The van der Waals surface area contributed by atoms with E-state index in [9.17, 15) is 18.8 Å². The predicted octanol–water partition coefficient (Wildman–Crippen LogP) is 6.22. The minimum Gasteiger partial charge on any atom is -0.339 e. The summed E-state index contributed by atoms with van der Waals surface area (Å²) in [5, 5.41) is 9.94. The number of rotatable bonds is 9. The van der Waals surface area contributed by atoms with E-state index in [1.54, 1.807) is 55.6 Å². The van der Waals surface area contributed by atoms with Crippen molar-refractivity contribution in [2.24, 2.45) is 0 Å². The van der Waals surface area contributed by atoms with Crippen molar-refractivity contribution < 1.29 is 18.8 Å². The first-order valence-corrected chi connectivity index (χ1v) is 15.7. The van der Waals surface area contributed by atoms with E-state index in [0.717, 1.165) is 37.1 Å². The molecule has 6 rings (SSSR count). The van der Waals surface area contributed by atoms with Crippen molar-refractivity contribution in [3.05, 3.63) is 143 Å². The average molecular weight is 630 g/mol. The van der Waals surface area contributed by atoms with E-state index < -0.39 is 11.9 Å². The van der Waals surface area contributed by atoms with Crippen molar-refractivity contribution in [1.29, 1.82) is 0 Å². The van der Waals surface area contributed by atoms with Crippen molar-refractivity contribution in [3.8, 4) is 0 Å². The summed E-state index contributed by atoms with van der Waals surface area (Å²) in [4.78, 5) is 46.6. The molecule has 1 aliphatic rings. The summed E-state index contributed by atoms with van der Waals surface area (Å²) < 4.78 is 13.4. The first-order chi connectivity index (χ1) is 22.9. The van der Waals surface area contributed by atoms with Gasteiger partial charge in [0.2, 0.25) is 5.91 Å². The Morgan fingerprint density at radius 1 is 0.872 bits per heavy atom. The molecule has 3 amide bonds. The average Bonchev–Trinajstić information content (AvgIpc) is 3.11. The molecule has 0 saturated carbocycles. The number of aromatic nitrogens is 1. The summed E-state index contributed by atoms with van der Waals surface area (Å²) in [6, 6.07) is 30.4. The monoisotopic (exact) mass is 629 g/mol. The van der Waals surface area contributed by atoms with Crippen LogP contribution in [0.25, 0.3) is 10.9 Å². The number of halogens is 1. The van der Waals surface area contributed by atoms with Crippen LogP contribution in [0.2, 0.25) is 0 Å². The Bertz CT molecular complexity index is 1890. The molecule has 9 heteroatoms. The summed E-state index contributed by atoms with van der Waals surface area (Å²) >= 11 is 0. The highest BCUT2D eigenvalue weighted by Crippen LogP contribution is 2.29. The summed E-state index contributed by atoms with van der Waals surface area (Å²) in [6.45, 7) is 2.12. The van der Waals surface area contributed by atoms with Gasteiger partial charge >= 0.3 is 0 Å². The number of carbonyl (C=O) groups excluding carboxylic acids is 3. The van der Waals surface area contributed by atoms with Crippen LogP contribution in [0.1, 0.15) is 62.2 Å². The van der Waals surface area contributed by atoms with Gasteiger partial charge < -0.3 is 20.9 Å². The smallest absolute Gasteiger partial charge is 0.257 e. The Labute approximate surface area is 273 Å². The van der Waals surface area contributed by atoms with Crippen LogP contribution in [0, 0.1) is 5.82 Å². The highest BCUT2D eigenvalue weighted by molar-refractivity contribution is 6.05. The van der Waals surface area contributed by atoms with E-state index in [0.29, 0.717) is 39.3 Å². The fourth-order valence-corrected chi connectivity index (χ4v) is 6.02. The molecule has 238 valence electrons. The van der Waals surface area contributed by atoms with Crippen LogP contribution in [0.5, 0.6) is 0 Å². The van der Waals surface area contributed by atoms with E-state index >= 15 is 0 Å². The molecule has 4 aromatic carbocycles. The number of amides is 3. The van der Waals surface area contributed by atoms with E-state index in [4.69, 9.17) is 0 Å². The van der Waals surface area contributed by atoms with Gasteiger partial charge in [0.15, 0.2) is 0 Å². The number of likely N-dealkylation sites (N-methyl/N-ethyl adjacent to an activating group) is 1. The van der Waals surface area contributed by atoms with Gasteiger partial charge in [0.05, 0.1) is 5.52 Å². The fraction of sp³-hybridized carbons (Fsp3) is 0.211. The van der Waals surface area contributed by atoms with Gasteiger partial charge in [0.25, 0.3) is 11.8 Å². The molecular formula is C38H36FN5O3. The van der Waals surface area contributed by atoms with E-state index in [1.807, 2.05) is 48.5 Å². The Balaban J connectivity index is 1.17. The molecule has 1 saturated heterocycles. The molecule has 0 bridgehead atoms. The van der Waals surface area contributed by atoms with Crippen molar-refractivity contribution >= 4 is 34.4 Å². The highest BCUT2D eigenvalue weighted by Gasteiger charge is 2.27. The topological polar surface area (TPSA) is 103 Å². The molecule has 0 spiro atoms. The maximum Gasteiger partial charge on any atom is 0.257 e. The molecule has 47 heavy (non-hydrogen) atoms. The zero-order valence-corrected chi connectivity index (χ0v) is 26.1. The third kappa shape index (κ3) is 7.53. The Kier molecular flexibility index (Phi) is 9.64. The van der Waals surface area contributed by atoms with E-state index in [2.05, 4.69) is 20.9 Å². The normalized spacial score (nSPS) is 13.9. The largest absolute Gasteiger partial charge is 0.339 e. The molecule has 0 unspecified atom stereocenters. The minimum atomic E-state index is -0.937. The van der Waals surface area contributed by atoms with Crippen LogP contribution in [-0.4, -0.2) is 47.7 Å². The second-order valence-electron chi connectivity index (χ2n) is 11.8. The number of pyridine rings is 1. The van der Waals surface area contributed by atoms with Crippen LogP contribution < -0.4 is 16.0 Å². The number of benzene rings is 4. The second kappa shape index (κ2) is 14.3. The molecular weight excluding hydrogens is 593 g/mol. The van der Waals surface area contributed by atoms with Crippen LogP contribution in [0.15, 0.2) is 109 Å². The maximum absolute atomic E-state index is 13.6. The number of anilines is 1. The van der Waals surface area contributed by atoms with Crippen LogP contribution in [0.3, 0.4) is 0 Å². The molecule has 1 aromatic heterocycles. The summed E-state index contributed by atoms with van der Waals surface area (Å²) in [7, 11) is 1.65. The number of hydrogen-bond acceptors (Lipinski definition) is 5. The maximum atomic E-state index is 13.6. The second-order valence-corrected chi connectivity index (χ2v) is 11.8. The minimum absolute atomic E-state index is 0.206. The molecule has 8 nitrogen and oxygen atoms in total. The van der Waals surface area contributed by atoms with Gasteiger partial charge in [-0.15, -0.1) is 0 Å². The lowest BCUT2D eigenvalue weighted by Crippen LogP contribution is -2.41. The van der Waals surface area contributed by atoms with Crippen LogP contribution in [0.4, 0.5) is 10.2 Å². The molecule has 1 aliphatic heterocycles. The zero-order chi connectivity index (χ0) is 32.8.